The standard InChI is InChI=1S/C13H17N3O5/c1-15(8-11(14)18)13(21)16(6-7-17)10-4-2-9(3-5-10)12(19)20/h2-5,17H,6-8H2,1H3,(H2,14,18)(H,19,20). The summed E-state index contributed by atoms with van der Waals surface area (Å²) in [5.41, 5.74) is 5.53. The van der Waals surface area contributed by atoms with Crippen molar-refractivity contribution in [1.29, 1.82) is 0 Å². The number of aromatic carboxylic acids is 1. The van der Waals surface area contributed by atoms with E-state index in [0.29, 0.717) is 5.69 Å². The molecule has 0 aromatic heterocycles. The maximum absolute atomic E-state index is 12.2. The third kappa shape index (κ3) is 4.46. The Morgan fingerprint density at radius 2 is 1.76 bits per heavy atom. The molecule has 0 atom stereocenters. The molecule has 0 saturated carbocycles. The van der Waals surface area contributed by atoms with E-state index in [-0.39, 0.29) is 25.3 Å². The second-order valence-corrected chi connectivity index (χ2v) is 4.33. The number of nitrogens with zero attached hydrogens (tertiary/aromatic N) is 2. The first-order valence-electron chi connectivity index (χ1n) is 6.12. The molecule has 3 amide bonds. The lowest BCUT2D eigenvalue weighted by molar-refractivity contribution is -0.118. The largest absolute Gasteiger partial charge is 0.478 e. The van der Waals surface area contributed by atoms with Crippen LogP contribution in [0.4, 0.5) is 10.5 Å². The molecule has 0 saturated heterocycles. The van der Waals surface area contributed by atoms with E-state index in [0.717, 1.165) is 4.90 Å². The van der Waals surface area contributed by atoms with E-state index >= 15 is 0 Å². The summed E-state index contributed by atoms with van der Waals surface area (Å²) in [6, 6.07) is 5.09. The summed E-state index contributed by atoms with van der Waals surface area (Å²) in [6.45, 7) is -0.529. The zero-order valence-corrected chi connectivity index (χ0v) is 11.5. The molecule has 114 valence electrons. The molecule has 0 aliphatic heterocycles. The van der Waals surface area contributed by atoms with Crippen LogP contribution < -0.4 is 10.6 Å². The SMILES string of the molecule is CN(CC(N)=O)C(=O)N(CCO)c1ccc(C(=O)O)cc1. The molecule has 0 unspecified atom stereocenters. The first-order chi connectivity index (χ1) is 9.86. The van der Waals surface area contributed by atoms with Crippen molar-refractivity contribution in [2.24, 2.45) is 5.73 Å². The average molecular weight is 295 g/mol. The number of urea groups is 1. The molecule has 1 aromatic carbocycles. The number of hydrogen-bond acceptors (Lipinski definition) is 4. The number of nitrogens with two attached hydrogens (primary N) is 1. The normalized spacial score (nSPS) is 10.0. The molecule has 0 fully saturated rings. The lowest BCUT2D eigenvalue weighted by Gasteiger charge is -2.27. The number of carboxylic acids is 1. The number of benzene rings is 1. The Hall–Kier alpha value is -2.61. The topological polar surface area (TPSA) is 124 Å². The minimum absolute atomic E-state index is 0.00829. The predicted octanol–water partition coefficient (Wildman–Crippen LogP) is -0.279. The van der Waals surface area contributed by atoms with Crippen LogP contribution in [0.2, 0.25) is 0 Å². The van der Waals surface area contributed by atoms with E-state index in [2.05, 4.69) is 0 Å². The molecule has 8 heteroatoms. The fourth-order valence-electron chi connectivity index (χ4n) is 1.73. The Morgan fingerprint density at radius 3 is 2.19 bits per heavy atom. The Labute approximate surface area is 121 Å². The predicted molar refractivity (Wildman–Crippen MR) is 75.1 cm³/mol. The number of rotatable bonds is 6. The van der Waals surface area contributed by atoms with Crippen molar-refractivity contribution in [3.05, 3.63) is 29.8 Å². The van der Waals surface area contributed by atoms with Crippen molar-refractivity contribution in [1.82, 2.24) is 4.90 Å². The van der Waals surface area contributed by atoms with Crippen molar-refractivity contribution in [2.45, 2.75) is 0 Å². The van der Waals surface area contributed by atoms with Crippen molar-refractivity contribution in [3.63, 3.8) is 0 Å². The molecular weight excluding hydrogens is 278 g/mol. The summed E-state index contributed by atoms with van der Waals surface area (Å²) < 4.78 is 0. The second-order valence-electron chi connectivity index (χ2n) is 4.33. The van der Waals surface area contributed by atoms with E-state index < -0.39 is 17.9 Å². The highest BCUT2D eigenvalue weighted by Gasteiger charge is 2.20. The number of amides is 3. The van der Waals surface area contributed by atoms with E-state index in [1.54, 1.807) is 0 Å². The van der Waals surface area contributed by atoms with Gasteiger partial charge < -0.3 is 20.8 Å². The van der Waals surface area contributed by atoms with Crippen molar-refractivity contribution >= 4 is 23.6 Å². The molecule has 0 aliphatic rings. The van der Waals surface area contributed by atoms with Crippen molar-refractivity contribution in [2.75, 3.05) is 31.6 Å². The van der Waals surface area contributed by atoms with Gasteiger partial charge in [0.05, 0.1) is 18.7 Å². The third-order valence-electron chi connectivity index (χ3n) is 2.70. The van der Waals surface area contributed by atoms with E-state index in [1.807, 2.05) is 0 Å². The van der Waals surface area contributed by atoms with Crippen LogP contribution in [0.15, 0.2) is 24.3 Å². The number of likely N-dealkylation sites (N-methyl/N-ethyl adjacent to an activating group) is 1. The van der Waals surface area contributed by atoms with Gasteiger partial charge in [-0.05, 0) is 24.3 Å². The Balaban J connectivity index is 2.97. The fraction of sp³-hybridized carbons (Fsp3) is 0.308. The molecule has 0 aliphatic carbocycles. The van der Waals surface area contributed by atoms with Gasteiger partial charge in [0.1, 0.15) is 6.54 Å². The zero-order valence-electron chi connectivity index (χ0n) is 11.5. The summed E-state index contributed by atoms with van der Waals surface area (Å²) in [5.74, 6) is -1.73. The molecule has 1 rings (SSSR count). The van der Waals surface area contributed by atoms with Crippen LogP contribution in [0, 0.1) is 0 Å². The van der Waals surface area contributed by atoms with Gasteiger partial charge in [0.15, 0.2) is 0 Å². The first-order valence-corrected chi connectivity index (χ1v) is 6.12. The zero-order chi connectivity index (χ0) is 16.0. The number of anilines is 1. The third-order valence-corrected chi connectivity index (χ3v) is 2.70. The maximum Gasteiger partial charge on any atom is 0.335 e. The maximum atomic E-state index is 12.2. The smallest absolute Gasteiger partial charge is 0.335 e. The molecule has 0 spiro atoms. The lowest BCUT2D eigenvalue weighted by Crippen LogP contribution is -2.45. The van der Waals surface area contributed by atoms with Gasteiger partial charge in [-0.3, -0.25) is 9.69 Å². The number of aliphatic hydroxyl groups excluding tert-OH is 1. The van der Waals surface area contributed by atoms with Crippen LogP contribution in [-0.2, 0) is 4.79 Å². The highest BCUT2D eigenvalue weighted by molar-refractivity contribution is 5.95. The molecule has 4 N–H and O–H groups in total. The quantitative estimate of drug-likeness (QED) is 0.666. The molecule has 8 nitrogen and oxygen atoms in total. The molecule has 0 bridgehead atoms. The van der Waals surface area contributed by atoms with Crippen LogP contribution in [0.25, 0.3) is 0 Å². The summed E-state index contributed by atoms with van der Waals surface area (Å²) >= 11 is 0. The van der Waals surface area contributed by atoms with Crippen molar-refractivity contribution in [3.8, 4) is 0 Å². The van der Waals surface area contributed by atoms with Crippen molar-refractivity contribution < 1.29 is 24.6 Å². The lowest BCUT2D eigenvalue weighted by atomic mass is 10.2. The minimum Gasteiger partial charge on any atom is -0.478 e. The molecule has 0 heterocycles. The van der Waals surface area contributed by atoms with Crippen LogP contribution >= 0.6 is 0 Å². The van der Waals surface area contributed by atoms with Gasteiger partial charge in [-0.15, -0.1) is 0 Å². The van der Waals surface area contributed by atoms with Crippen LogP contribution in [0.5, 0.6) is 0 Å². The second kappa shape index (κ2) is 7.25. The fourth-order valence-corrected chi connectivity index (χ4v) is 1.73. The summed E-state index contributed by atoms with van der Waals surface area (Å²) in [5, 5.41) is 17.9. The van der Waals surface area contributed by atoms with E-state index in [9.17, 15) is 14.4 Å². The van der Waals surface area contributed by atoms with E-state index in [4.69, 9.17) is 15.9 Å². The van der Waals surface area contributed by atoms with Gasteiger partial charge in [0.25, 0.3) is 0 Å². The minimum atomic E-state index is -1.08. The summed E-state index contributed by atoms with van der Waals surface area (Å²) in [6.07, 6.45) is 0. The number of carbonyl (C=O) groups is 3. The number of primary amides is 1. The highest BCUT2D eigenvalue weighted by Crippen LogP contribution is 2.16. The van der Waals surface area contributed by atoms with Crippen LogP contribution in [-0.4, -0.2) is 59.8 Å². The van der Waals surface area contributed by atoms with Gasteiger partial charge in [-0.25, -0.2) is 9.59 Å². The summed E-state index contributed by atoms with van der Waals surface area (Å²) in [4.78, 5) is 36.2. The van der Waals surface area contributed by atoms with Gasteiger partial charge >= 0.3 is 12.0 Å². The first kappa shape index (κ1) is 16.4. The highest BCUT2D eigenvalue weighted by atomic mass is 16.4. The Bertz CT molecular complexity index is 529. The molecule has 0 radical (unpaired) electrons. The number of carbonyl (C=O) groups excluding carboxylic acids is 2. The Morgan fingerprint density at radius 1 is 1.19 bits per heavy atom. The van der Waals surface area contributed by atoms with Gasteiger partial charge in [-0.2, -0.15) is 0 Å². The van der Waals surface area contributed by atoms with Crippen LogP contribution in [0.1, 0.15) is 10.4 Å². The molecular formula is C13H17N3O5. The monoisotopic (exact) mass is 295 g/mol. The van der Waals surface area contributed by atoms with Gasteiger partial charge in [0, 0.05) is 12.7 Å². The van der Waals surface area contributed by atoms with Gasteiger partial charge in [0.2, 0.25) is 5.91 Å². The molecule has 21 heavy (non-hydrogen) atoms. The number of hydrogen-bond donors (Lipinski definition) is 3. The average Bonchev–Trinajstić information content (AvgIpc) is 2.43. The van der Waals surface area contributed by atoms with Crippen LogP contribution in [0.3, 0.4) is 0 Å². The number of aliphatic hydroxyl groups is 1. The molecule has 1 aromatic rings. The summed E-state index contributed by atoms with van der Waals surface area (Å²) in [7, 11) is 1.41. The van der Waals surface area contributed by atoms with E-state index in [1.165, 1.54) is 36.2 Å². The Kier molecular flexibility index (Phi) is 5.67. The number of carboxylic acid groups (broad SMARTS) is 1. The van der Waals surface area contributed by atoms with Gasteiger partial charge in [-0.1, -0.05) is 0 Å².